The fraction of sp³-hybridized carbons (Fsp3) is 0.583. The van der Waals surface area contributed by atoms with Gasteiger partial charge < -0.3 is 9.42 Å². The largest absolute Gasteiger partial charge is 0.361 e. The van der Waals surface area contributed by atoms with Gasteiger partial charge in [0.05, 0.1) is 18.7 Å². The van der Waals surface area contributed by atoms with Gasteiger partial charge in [0.2, 0.25) is 5.91 Å². The van der Waals surface area contributed by atoms with Crippen LogP contribution < -0.4 is 0 Å². The quantitative estimate of drug-likeness (QED) is 0.766. The summed E-state index contributed by atoms with van der Waals surface area (Å²) in [5.74, 6) is 0.724. The van der Waals surface area contributed by atoms with Crippen LogP contribution in [-0.2, 0) is 11.2 Å². The highest BCUT2D eigenvalue weighted by molar-refractivity contribution is 5.79. The molecule has 0 aromatic carbocycles. The zero-order valence-corrected chi connectivity index (χ0v) is 9.99. The third kappa shape index (κ3) is 2.43. The Balaban J connectivity index is 1.94. The van der Waals surface area contributed by atoms with Gasteiger partial charge in [-0.2, -0.15) is 0 Å². The Morgan fingerprint density at radius 2 is 2.38 bits per heavy atom. The van der Waals surface area contributed by atoms with Crippen molar-refractivity contribution in [1.82, 2.24) is 10.1 Å². The molecule has 1 fully saturated rings. The summed E-state index contributed by atoms with van der Waals surface area (Å²) < 4.78 is 5.04. The average molecular weight is 221 g/mol. The van der Waals surface area contributed by atoms with E-state index in [2.05, 4.69) is 19.0 Å². The minimum Gasteiger partial charge on any atom is -0.361 e. The first-order chi connectivity index (χ1) is 7.46. The Morgan fingerprint density at radius 3 is 2.88 bits per heavy atom. The van der Waals surface area contributed by atoms with E-state index in [0.29, 0.717) is 12.2 Å². The second-order valence-electron chi connectivity index (χ2n) is 5.18. The highest BCUT2D eigenvalue weighted by Gasteiger charge is 2.32. The maximum Gasteiger partial charge on any atom is 0.230 e. The van der Waals surface area contributed by atoms with Crippen LogP contribution >= 0.6 is 0 Å². The van der Waals surface area contributed by atoms with Gasteiger partial charge in [0.25, 0.3) is 0 Å². The molecule has 4 nitrogen and oxygen atoms in total. The summed E-state index contributed by atoms with van der Waals surface area (Å²) in [7, 11) is 0. The molecule has 1 aromatic rings. The number of carbonyl (C=O) groups excluding carboxylic acids is 1. The Hall–Kier alpha value is -1.32. The van der Waals surface area contributed by atoms with Crippen molar-refractivity contribution >= 4 is 5.91 Å². The minimum atomic E-state index is 0.0849. The molecule has 1 radical (unpaired) electrons. The van der Waals surface area contributed by atoms with Crippen molar-refractivity contribution in [2.75, 3.05) is 6.54 Å². The molecular formula is C12H17N2O2. The molecule has 1 aromatic heterocycles. The van der Waals surface area contributed by atoms with Crippen LogP contribution in [0, 0.1) is 18.9 Å². The van der Waals surface area contributed by atoms with E-state index in [1.165, 1.54) is 0 Å². The van der Waals surface area contributed by atoms with E-state index in [9.17, 15) is 4.79 Å². The first-order valence-corrected chi connectivity index (χ1v) is 5.51. The number of amides is 1. The van der Waals surface area contributed by atoms with Gasteiger partial charge in [-0.15, -0.1) is 0 Å². The van der Waals surface area contributed by atoms with Crippen molar-refractivity contribution in [2.45, 2.75) is 33.6 Å². The number of nitrogens with zero attached hydrogens (tertiary/aromatic N) is 2. The van der Waals surface area contributed by atoms with Crippen LogP contribution in [0.3, 0.4) is 0 Å². The van der Waals surface area contributed by atoms with Gasteiger partial charge in [0, 0.05) is 12.6 Å². The molecule has 0 bridgehead atoms. The molecular weight excluding hydrogens is 204 g/mol. The molecule has 1 aliphatic heterocycles. The van der Waals surface area contributed by atoms with Crippen molar-refractivity contribution in [3.05, 3.63) is 24.1 Å². The highest BCUT2D eigenvalue weighted by Crippen LogP contribution is 2.31. The number of aromatic nitrogens is 1. The zero-order valence-electron chi connectivity index (χ0n) is 9.99. The van der Waals surface area contributed by atoms with Crippen LogP contribution in [-0.4, -0.2) is 22.5 Å². The lowest BCUT2D eigenvalue weighted by Crippen LogP contribution is -2.29. The van der Waals surface area contributed by atoms with Crippen molar-refractivity contribution in [3.8, 4) is 0 Å². The molecule has 0 N–H and O–H groups in total. The fourth-order valence-electron chi connectivity index (χ4n) is 1.89. The van der Waals surface area contributed by atoms with Gasteiger partial charge >= 0.3 is 0 Å². The standard InChI is InChI=1S/C12H17N2O2/c1-9-6-10(16-13-9)7-11(15)14-5-4-12(2,3)8-14/h5-6H,4,7-8H2,1-3H3. The van der Waals surface area contributed by atoms with Crippen LogP contribution in [0.5, 0.6) is 0 Å². The lowest BCUT2D eigenvalue weighted by atomic mass is 9.93. The highest BCUT2D eigenvalue weighted by atomic mass is 16.5. The molecule has 0 saturated carbocycles. The summed E-state index contributed by atoms with van der Waals surface area (Å²) in [4.78, 5) is 13.7. The molecule has 0 spiro atoms. The fourth-order valence-corrected chi connectivity index (χ4v) is 1.89. The van der Waals surface area contributed by atoms with Crippen molar-refractivity contribution in [2.24, 2.45) is 5.41 Å². The molecule has 0 unspecified atom stereocenters. The Labute approximate surface area is 95.6 Å². The smallest absolute Gasteiger partial charge is 0.230 e. The second-order valence-corrected chi connectivity index (χ2v) is 5.18. The number of hydrogen-bond acceptors (Lipinski definition) is 3. The van der Waals surface area contributed by atoms with Gasteiger partial charge in [-0.05, 0) is 18.8 Å². The SMILES string of the molecule is Cc1cc(CC(=O)N2[CH]CC(C)(C)C2)on1. The summed E-state index contributed by atoms with van der Waals surface area (Å²) in [5, 5.41) is 3.77. The Bertz CT molecular complexity index is 395. The van der Waals surface area contributed by atoms with E-state index in [1.54, 1.807) is 11.0 Å². The molecule has 1 amide bonds. The molecule has 0 aliphatic carbocycles. The maximum atomic E-state index is 11.9. The first-order valence-electron chi connectivity index (χ1n) is 5.51. The lowest BCUT2D eigenvalue weighted by molar-refractivity contribution is -0.128. The topological polar surface area (TPSA) is 46.3 Å². The summed E-state index contributed by atoms with van der Waals surface area (Å²) in [6.45, 7) is 8.94. The van der Waals surface area contributed by atoms with Crippen molar-refractivity contribution in [3.63, 3.8) is 0 Å². The van der Waals surface area contributed by atoms with E-state index < -0.39 is 0 Å². The monoisotopic (exact) mass is 221 g/mol. The minimum absolute atomic E-state index is 0.0849. The van der Waals surface area contributed by atoms with Gasteiger partial charge in [-0.25, -0.2) is 0 Å². The molecule has 4 heteroatoms. The molecule has 2 heterocycles. The molecule has 1 aliphatic rings. The van der Waals surface area contributed by atoms with Crippen LogP contribution in [0.15, 0.2) is 10.6 Å². The molecule has 0 atom stereocenters. The van der Waals surface area contributed by atoms with E-state index in [1.807, 2.05) is 13.5 Å². The number of aryl methyl sites for hydroxylation is 1. The maximum absolute atomic E-state index is 11.9. The predicted molar refractivity (Wildman–Crippen MR) is 59.4 cm³/mol. The van der Waals surface area contributed by atoms with Crippen LogP contribution in [0.1, 0.15) is 31.7 Å². The molecule has 16 heavy (non-hydrogen) atoms. The van der Waals surface area contributed by atoms with Gasteiger partial charge in [0.15, 0.2) is 0 Å². The summed E-state index contributed by atoms with van der Waals surface area (Å²) >= 11 is 0. The van der Waals surface area contributed by atoms with Crippen LogP contribution in [0.4, 0.5) is 0 Å². The van der Waals surface area contributed by atoms with E-state index in [4.69, 9.17) is 4.52 Å². The van der Waals surface area contributed by atoms with E-state index in [0.717, 1.165) is 18.7 Å². The number of carbonyl (C=O) groups is 1. The van der Waals surface area contributed by atoms with Gasteiger partial charge in [-0.3, -0.25) is 4.79 Å². The van der Waals surface area contributed by atoms with E-state index in [-0.39, 0.29) is 11.3 Å². The molecule has 2 rings (SSSR count). The number of hydrogen-bond donors (Lipinski definition) is 0. The number of rotatable bonds is 2. The van der Waals surface area contributed by atoms with Gasteiger partial charge in [0.1, 0.15) is 5.76 Å². The Morgan fingerprint density at radius 1 is 1.62 bits per heavy atom. The summed E-state index contributed by atoms with van der Waals surface area (Å²) in [6.07, 6.45) is 1.25. The summed E-state index contributed by atoms with van der Waals surface area (Å²) in [6, 6.07) is 1.80. The van der Waals surface area contributed by atoms with Crippen molar-refractivity contribution < 1.29 is 9.32 Å². The second kappa shape index (κ2) is 3.92. The average Bonchev–Trinajstić information content (AvgIpc) is 2.72. The molecule has 87 valence electrons. The normalized spacial score (nSPS) is 19.1. The Kier molecular flexibility index (Phi) is 2.74. The van der Waals surface area contributed by atoms with Crippen LogP contribution in [0.2, 0.25) is 0 Å². The van der Waals surface area contributed by atoms with Crippen LogP contribution in [0.25, 0.3) is 0 Å². The first kappa shape index (κ1) is 11.2. The zero-order chi connectivity index (χ0) is 11.8. The third-order valence-electron chi connectivity index (χ3n) is 2.79. The predicted octanol–water partition coefficient (Wildman–Crippen LogP) is 1.95. The summed E-state index contributed by atoms with van der Waals surface area (Å²) in [5.41, 5.74) is 1.01. The van der Waals surface area contributed by atoms with Gasteiger partial charge in [-0.1, -0.05) is 19.0 Å². The van der Waals surface area contributed by atoms with Crippen molar-refractivity contribution in [1.29, 1.82) is 0 Å². The lowest BCUT2D eigenvalue weighted by Gasteiger charge is -2.19. The molecule has 1 saturated heterocycles. The van der Waals surface area contributed by atoms with E-state index >= 15 is 0 Å². The third-order valence-corrected chi connectivity index (χ3v) is 2.79. The number of likely N-dealkylation sites (tertiary alicyclic amines) is 1.